The molecule has 2 aromatic rings. The standard InChI is InChI=1S/C15H21N3O3/c16-10-15-12(3-8-21-15)13-9-11(17)1-2-14(13)18(4-6-19)5-7-20/h1-3,8-9,19-20H,4-7,10,16-17H2. The molecule has 0 aliphatic carbocycles. The van der Waals surface area contributed by atoms with Crippen LogP contribution in [0.25, 0.3) is 11.1 Å². The minimum atomic E-state index is -0.00104. The lowest BCUT2D eigenvalue weighted by atomic mass is 10.0. The highest BCUT2D eigenvalue weighted by atomic mass is 16.3. The Morgan fingerprint density at radius 2 is 1.76 bits per heavy atom. The molecular weight excluding hydrogens is 270 g/mol. The Morgan fingerprint density at radius 1 is 1.05 bits per heavy atom. The predicted octanol–water partition coefficient (Wildman–Crippen LogP) is 0.779. The Hall–Kier alpha value is -2.02. The summed E-state index contributed by atoms with van der Waals surface area (Å²) in [5.41, 5.74) is 14.9. The van der Waals surface area contributed by atoms with Crippen LogP contribution in [-0.2, 0) is 6.54 Å². The third-order valence-electron chi connectivity index (χ3n) is 3.32. The molecule has 0 spiro atoms. The van der Waals surface area contributed by atoms with Gasteiger partial charge in [0.15, 0.2) is 0 Å². The van der Waals surface area contributed by atoms with Gasteiger partial charge in [-0.15, -0.1) is 0 Å². The highest BCUT2D eigenvalue weighted by Crippen LogP contribution is 2.35. The zero-order valence-electron chi connectivity index (χ0n) is 11.8. The third-order valence-corrected chi connectivity index (χ3v) is 3.32. The Labute approximate surface area is 123 Å². The van der Waals surface area contributed by atoms with Crippen LogP contribution in [0.1, 0.15) is 5.76 Å². The molecule has 0 radical (unpaired) electrons. The van der Waals surface area contributed by atoms with Gasteiger partial charge in [-0.05, 0) is 24.3 Å². The monoisotopic (exact) mass is 291 g/mol. The summed E-state index contributed by atoms with van der Waals surface area (Å²) >= 11 is 0. The fourth-order valence-electron chi connectivity index (χ4n) is 2.38. The number of aliphatic hydroxyl groups excluding tert-OH is 2. The molecule has 21 heavy (non-hydrogen) atoms. The quantitative estimate of drug-likeness (QED) is 0.561. The van der Waals surface area contributed by atoms with E-state index in [-0.39, 0.29) is 19.8 Å². The molecule has 0 amide bonds. The zero-order valence-corrected chi connectivity index (χ0v) is 11.8. The van der Waals surface area contributed by atoms with Gasteiger partial charge in [-0.25, -0.2) is 0 Å². The van der Waals surface area contributed by atoms with E-state index >= 15 is 0 Å². The van der Waals surface area contributed by atoms with Crippen LogP contribution in [0.2, 0.25) is 0 Å². The number of nitrogens with two attached hydrogens (primary N) is 2. The highest BCUT2D eigenvalue weighted by molar-refractivity contribution is 5.82. The molecule has 0 saturated heterocycles. The molecule has 0 fully saturated rings. The second-order valence-corrected chi connectivity index (χ2v) is 4.67. The van der Waals surface area contributed by atoms with Crippen LogP contribution in [0.3, 0.4) is 0 Å². The first-order valence-corrected chi connectivity index (χ1v) is 6.84. The largest absolute Gasteiger partial charge is 0.467 e. The summed E-state index contributed by atoms with van der Waals surface area (Å²) in [6, 6.07) is 7.36. The molecule has 1 aromatic carbocycles. The van der Waals surface area contributed by atoms with Gasteiger partial charge in [-0.1, -0.05) is 0 Å². The summed E-state index contributed by atoms with van der Waals surface area (Å²) in [4.78, 5) is 1.90. The van der Waals surface area contributed by atoms with Gasteiger partial charge in [0.05, 0.1) is 26.0 Å². The fourth-order valence-corrected chi connectivity index (χ4v) is 2.38. The SMILES string of the molecule is NCc1occc1-c1cc(N)ccc1N(CCO)CCO. The van der Waals surface area contributed by atoms with Crippen LogP contribution in [0.15, 0.2) is 34.9 Å². The normalized spacial score (nSPS) is 10.8. The molecule has 6 N–H and O–H groups in total. The molecule has 6 heteroatoms. The van der Waals surface area contributed by atoms with Crippen molar-refractivity contribution in [2.24, 2.45) is 5.73 Å². The third kappa shape index (κ3) is 3.36. The van der Waals surface area contributed by atoms with E-state index in [1.54, 1.807) is 12.3 Å². The van der Waals surface area contributed by atoms with Gasteiger partial charge in [-0.3, -0.25) is 0 Å². The number of nitrogens with zero attached hydrogens (tertiary/aromatic N) is 1. The lowest BCUT2D eigenvalue weighted by Crippen LogP contribution is -2.30. The van der Waals surface area contributed by atoms with Crippen molar-refractivity contribution in [3.8, 4) is 11.1 Å². The lowest BCUT2D eigenvalue weighted by Gasteiger charge is -2.26. The summed E-state index contributed by atoms with van der Waals surface area (Å²) < 4.78 is 5.38. The molecule has 0 saturated carbocycles. The average Bonchev–Trinajstić information content (AvgIpc) is 2.95. The summed E-state index contributed by atoms with van der Waals surface area (Å²) in [6.45, 7) is 1.13. The summed E-state index contributed by atoms with van der Waals surface area (Å²) in [7, 11) is 0. The first-order chi connectivity index (χ1) is 10.2. The molecule has 114 valence electrons. The average molecular weight is 291 g/mol. The minimum Gasteiger partial charge on any atom is -0.467 e. The highest BCUT2D eigenvalue weighted by Gasteiger charge is 2.16. The second kappa shape index (κ2) is 7.12. The van der Waals surface area contributed by atoms with Crippen LogP contribution in [0.5, 0.6) is 0 Å². The van der Waals surface area contributed by atoms with Crippen molar-refractivity contribution in [3.63, 3.8) is 0 Å². The molecule has 6 nitrogen and oxygen atoms in total. The number of aliphatic hydroxyl groups is 2. The molecule has 0 atom stereocenters. The first-order valence-electron chi connectivity index (χ1n) is 6.84. The number of hydrogen-bond acceptors (Lipinski definition) is 6. The molecule has 0 aliphatic heterocycles. The van der Waals surface area contributed by atoms with E-state index < -0.39 is 0 Å². The van der Waals surface area contributed by atoms with Crippen LogP contribution in [0.4, 0.5) is 11.4 Å². The van der Waals surface area contributed by atoms with Crippen molar-refractivity contribution in [1.29, 1.82) is 0 Å². The van der Waals surface area contributed by atoms with Gasteiger partial charge in [0.2, 0.25) is 0 Å². The smallest absolute Gasteiger partial charge is 0.125 e. The Morgan fingerprint density at radius 3 is 2.38 bits per heavy atom. The van der Waals surface area contributed by atoms with Gasteiger partial charge in [0.1, 0.15) is 5.76 Å². The Kier molecular flexibility index (Phi) is 5.21. The summed E-state index contributed by atoms with van der Waals surface area (Å²) in [5, 5.41) is 18.4. The van der Waals surface area contributed by atoms with E-state index in [1.807, 2.05) is 23.1 Å². The summed E-state index contributed by atoms with van der Waals surface area (Å²) in [6.07, 6.45) is 1.59. The topological polar surface area (TPSA) is 109 Å². The maximum Gasteiger partial charge on any atom is 0.125 e. The van der Waals surface area contributed by atoms with E-state index in [1.165, 1.54) is 0 Å². The van der Waals surface area contributed by atoms with E-state index in [9.17, 15) is 10.2 Å². The van der Waals surface area contributed by atoms with Gasteiger partial charge >= 0.3 is 0 Å². The molecule has 0 aliphatic rings. The van der Waals surface area contributed by atoms with E-state index in [0.717, 1.165) is 16.8 Å². The van der Waals surface area contributed by atoms with E-state index in [4.69, 9.17) is 15.9 Å². The molecule has 2 rings (SSSR count). The van der Waals surface area contributed by atoms with Gasteiger partial charge in [0.25, 0.3) is 0 Å². The van der Waals surface area contributed by atoms with Crippen molar-refractivity contribution in [2.45, 2.75) is 6.54 Å². The van der Waals surface area contributed by atoms with Gasteiger partial charge < -0.3 is 31.0 Å². The molecule has 0 unspecified atom stereocenters. The molecule has 1 heterocycles. The number of anilines is 2. The van der Waals surface area contributed by atoms with Gasteiger partial charge in [0, 0.05) is 35.6 Å². The number of nitrogen functional groups attached to an aromatic ring is 1. The van der Waals surface area contributed by atoms with Crippen LogP contribution >= 0.6 is 0 Å². The maximum absolute atomic E-state index is 9.21. The lowest BCUT2D eigenvalue weighted by molar-refractivity contribution is 0.281. The number of hydrogen-bond donors (Lipinski definition) is 4. The van der Waals surface area contributed by atoms with E-state index in [0.29, 0.717) is 24.5 Å². The van der Waals surface area contributed by atoms with Crippen molar-refractivity contribution < 1.29 is 14.6 Å². The second-order valence-electron chi connectivity index (χ2n) is 4.67. The summed E-state index contributed by atoms with van der Waals surface area (Å²) in [5.74, 6) is 0.676. The van der Waals surface area contributed by atoms with Crippen LogP contribution < -0.4 is 16.4 Å². The van der Waals surface area contributed by atoms with E-state index in [2.05, 4.69) is 0 Å². The van der Waals surface area contributed by atoms with Crippen LogP contribution in [0, 0.1) is 0 Å². The Bertz CT molecular complexity index is 577. The molecular formula is C15H21N3O3. The zero-order chi connectivity index (χ0) is 15.2. The maximum atomic E-state index is 9.21. The van der Waals surface area contributed by atoms with Gasteiger partial charge in [-0.2, -0.15) is 0 Å². The number of benzene rings is 1. The van der Waals surface area contributed by atoms with Crippen LogP contribution in [-0.4, -0.2) is 36.5 Å². The Balaban J connectivity index is 2.51. The minimum absolute atomic E-state index is 0.00104. The number of furan rings is 1. The number of rotatable bonds is 7. The molecule has 1 aromatic heterocycles. The fraction of sp³-hybridized carbons (Fsp3) is 0.333. The van der Waals surface area contributed by atoms with Crippen molar-refractivity contribution in [1.82, 2.24) is 0 Å². The predicted molar refractivity (Wildman–Crippen MR) is 82.8 cm³/mol. The van der Waals surface area contributed by atoms with Crippen molar-refractivity contribution >= 4 is 11.4 Å². The van der Waals surface area contributed by atoms with Crippen molar-refractivity contribution in [2.75, 3.05) is 36.9 Å². The van der Waals surface area contributed by atoms with Crippen molar-refractivity contribution in [3.05, 3.63) is 36.3 Å². The molecule has 0 bridgehead atoms. The first kappa shape index (κ1) is 15.4.